The second-order valence-corrected chi connectivity index (χ2v) is 6.73. The van der Waals surface area contributed by atoms with E-state index in [9.17, 15) is 4.57 Å². The Hall–Kier alpha value is 0.100. The second kappa shape index (κ2) is 9.09. The largest absolute Gasteiger partial charge is 0.274 e. The third kappa shape index (κ3) is 5.08. The second-order valence-electron chi connectivity index (χ2n) is 5.71. The Kier molecular flexibility index (Phi) is 9.14. The van der Waals surface area contributed by atoms with E-state index in [4.69, 9.17) is 0 Å². The Labute approximate surface area is 110 Å². The molecule has 0 heterocycles. The predicted molar refractivity (Wildman–Crippen MR) is 78.0 cm³/mol. The SMILES string of the molecule is CCCCCCCC(P=O)(C(C)C)C(C)CC. The molecule has 0 amide bonds. The summed E-state index contributed by atoms with van der Waals surface area (Å²) >= 11 is 0. The van der Waals surface area contributed by atoms with Crippen molar-refractivity contribution in [3.8, 4) is 0 Å². The summed E-state index contributed by atoms with van der Waals surface area (Å²) in [5.41, 5.74) is 0. The van der Waals surface area contributed by atoms with Crippen molar-refractivity contribution in [2.45, 2.75) is 84.7 Å². The highest BCUT2D eigenvalue weighted by Crippen LogP contribution is 2.44. The van der Waals surface area contributed by atoms with Crippen molar-refractivity contribution in [3.63, 3.8) is 0 Å². The summed E-state index contributed by atoms with van der Waals surface area (Å²) in [6.45, 7) is 11.2. The van der Waals surface area contributed by atoms with Crippen LogP contribution in [-0.4, -0.2) is 5.16 Å². The van der Waals surface area contributed by atoms with E-state index in [0.717, 1.165) is 12.8 Å². The first-order chi connectivity index (χ1) is 8.05. The Balaban J connectivity index is 4.33. The van der Waals surface area contributed by atoms with Crippen LogP contribution in [0.5, 0.6) is 0 Å². The molecule has 102 valence electrons. The van der Waals surface area contributed by atoms with Gasteiger partial charge < -0.3 is 0 Å². The van der Waals surface area contributed by atoms with Crippen molar-refractivity contribution in [1.29, 1.82) is 0 Å². The van der Waals surface area contributed by atoms with Gasteiger partial charge in [0.2, 0.25) is 0 Å². The first-order valence-electron chi connectivity index (χ1n) is 7.39. The van der Waals surface area contributed by atoms with E-state index in [1.54, 1.807) is 0 Å². The lowest BCUT2D eigenvalue weighted by Crippen LogP contribution is -2.36. The lowest BCUT2D eigenvalue weighted by Gasteiger charge is -2.36. The monoisotopic (exact) mass is 258 g/mol. The van der Waals surface area contributed by atoms with Crippen molar-refractivity contribution in [3.05, 3.63) is 0 Å². The number of hydrogen-bond acceptors (Lipinski definition) is 1. The maximum absolute atomic E-state index is 11.7. The molecule has 1 nitrogen and oxygen atoms in total. The molecule has 2 unspecified atom stereocenters. The van der Waals surface area contributed by atoms with Crippen molar-refractivity contribution in [1.82, 2.24) is 0 Å². The van der Waals surface area contributed by atoms with E-state index in [2.05, 4.69) is 34.6 Å². The molecule has 0 saturated heterocycles. The van der Waals surface area contributed by atoms with Gasteiger partial charge in [0.15, 0.2) is 8.46 Å². The molecule has 0 aromatic carbocycles. The van der Waals surface area contributed by atoms with Crippen molar-refractivity contribution in [2.24, 2.45) is 11.8 Å². The highest BCUT2D eigenvalue weighted by Gasteiger charge is 2.38. The molecule has 17 heavy (non-hydrogen) atoms. The molecule has 0 aliphatic rings. The summed E-state index contributed by atoms with van der Waals surface area (Å²) in [6, 6.07) is 0. The minimum absolute atomic E-state index is 0.0148. The molecule has 2 atom stereocenters. The Bertz CT molecular complexity index is 203. The molecular weight excluding hydrogens is 227 g/mol. The van der Waals surface area contributed by atoms with Gasteiger partial charge >= 0.3 is 0 Å². The van der Waals surface area contributed by atoms with Crippen LogP contribution in [0.3, 0.4) is 0 Å². The van der Waals surface area contributed by atoms with Gasteiger partial charge in [0, 0.05) is 0 Å². The molecule has 0 saturated carbocycles. The molecule has 0 aliphatic carbocycles. The topological polar surface area (TPSA) is 17.1 Å². The Morgan fingerprint density at radius 1 is 1.00 bits per heavy atom. The quantitative estimate of drug-likeness (QED) is 0.343. The third-order valence-corrected chi connectivity index (χ3v) is 5.84. The fourth-order valence-electron chi connectivity index (χ4n) is 2.71. The van der Waals surface area contributed by atoms with Gasteiger partial charge in [-0.15, -0.1) is 0 Å². The first-order valence-corrected chi connectivity index (χ1v) is 8.20. The van der Waals surface area contributed by atoms with E-state index in [-0.39, 0.29) is 5.16 Å². The standard InChI is InChI=1S/C15H31OP/c1-6-8-9-10-11-12-15(17-16,13(3)4)14(5)7-2/h13-14H,6-12H2,1-5H3. The van der Waals surface area contributed by atoms with E-state index in [0.29, 0.717) is 20.3 Å². The summed E-state index contributed by atoms with van der Waals surface area (Å²) in [6.07, 6.45) is 8.75. The minimum Gasteiger partial charge on any atom is -0.274 e. The number of unbranched alkanes of at least 4 members (excludes halogenated alkanes) is 4. The lowest BCUT2D eigenvalue weighted by molar-refractivity contribution is 0.272. The van der Waals surface area contributed by atoms with Crippen LogP contribution in [0.15, 0.2) is 0 Å². The molecule has 0 rings (SSSR count). The van der Waals surface area contributed by atoms with Crippen molar-refractivity contribution in [2.75, 3.05) is 0 Å². The fourth-order valence-corrected chi connectivity index (χ4v) is 3.53. The van der Waals surface area contributed by atoms with Crippen LogP contribution in [0.2, 0.25) is 0 Å². The molecule has 0 N–H and O–H groups in total. The average Bonchev–Trinajstić information content (AvgIpc) is 2.33. The van der Waals surface area contributed by atoms with Gasteiger partial charge in [-0.05, 0) is 18.3 Å². The lowest BCUT2D eigenvalue weighted by atomic mass is 9.78. The van der Waals surface area contributed by atoms with Crippen molar-refractivity contribution < 1.29 is 4.57 Å². The van der Waals surface area contributed by atoms with Crippen molar-refractivity contribution >= 4 is 8.46 Å². The molecular formula is C15H31OP. The summed E-state index contributed by atoms with van der Waals surface area (Å²) in [5, 5.41) is 0.0148. The van der Waals surface area contributed by atoms with Crippen LogP contribution in [0, 0.1) is 11.8 Å². The van der Waals surface area contributed by atoms with Gasteiger partial charge in [0.05, 0.1) is 5.16 Å². The molecule has 0 bridgehead atoms. The van der Waals surface area contributed by atoms with Gasteiger partial charge in [-0.2, -0.15) is 0 Å². The maximum Gasteiger partial charge on any atom is 0.162 e. The molecule has 0 aromatic heterocycles. The fraction of sp³-hybridized carbons (Fsp3) is 1.00. The third-order valence-electron chi connectivity index (χ3n) is 4.32. The zero-order valence-electron chi connectivity index (χ0n) is 12.5. The van der Waals surface area contributed by atoms with Crippen LogP contribution < -0.4 is 0 Å². The normalized spacial score (nSPS) is 17.3. The van der Waals surface area contributed by atoms with Gasteiger partial charge in [-0.25, -0.2) is 0 Å². The molecule has 0 radical (unpaired) electrons. The summed E-state index contributed by atoms with van der Waals surface area (Å²) in [5.74, 6) is 1.05. The van der Waals surface area contributed by atoms with Gasteiger partial charge in [0.1, 0.15) is 0 Å². The highest BCUT2D eigenvalue weighted by molar-refractivity contribution is 7.26. The van der Waals surface area contributed by atoms with Crippen LogP contribution in [0.25, 0.3) is 0 Å². The van der Waals surface area contributed by atoms with Crippen LogP contribution in [0.4, 0.5) is 0 Å². The molecule has 0 spiro atoms. The van der Waals surface area contributed by atoms with Gasteiger partial charge in [0.25, 0.3) is 0 Å². The zero-order valence-corrected chi connectivity index (χ0v) is 13.4. The van der Waals surface area contributed by atoms with E-state index in [1.165, 1.54) is 32.1 Å². The summed E-state index contributed by atoms with van der Waals surface area (Å²) in [7, 11) is 0.360. The van der Waals surface area contributed by atoms with Gasteiger partial charge in [-0.3, -0.25) is 4.57 Å². The minimum atomic E-state index is 0.0148. The Morgan fingerprint density at radius 2 is 1.59 bits per heavy atom. The van der Waals surface area contributed by atoms with Crippen LogP contribution in [0.1, 0.15) is 79.6 Å². The molecule has 2 heteroatoms. The van der Waals surface area contributed by atoms with E-state index in [1.807, 2.05) is 0 Å². The first kappa shape index (κ1) is 17.1. The highest BCUT2D eigenvalue weighted by atomic mass is 31.1. The summed E-state index contributed by atoms with van der Waals surface area (Å²) < 4.78 is 11.7. The average molecular weight is 258 g/mol. The van der Waals surface area contributed by atoms with Gasteiger partial charge in [-0.1, -0.05) is 73.1 Å². The van der Waals surface area contributed by atoms with Crippen LogP contribution in [-0.2, 0) is 4.57 Å². The van der Waals surface area contributed by atoms with E-state index >= 15 is 0 Å². The zero-order chi connectivity index (χ0) is 13.3. The summed E-state index contributed by atoms with van der Waals surface area (Å²) in [4.78, 5) is 0. The molecule has 0 aliphatic heterocycles. The predicted octanol–water partition coefficient (Wildman–Crippen LogP) is 6.08. The molecule has 0 fully saturated rings. The maximum atomic E-state index is 11.7. The Morgan fingerprint density at radius 3 is 2.00 bits per heavy atom. The number of hydrogen-bond donors (Lipinski definition) is 0. The molecule has 0 aromatic rings. The smallest absolute Gasteiger partial charge is 0.162 e. The number of rotatable bonds is 10. The van der Waals surface area contributed by atoms with Crippen LogP contribution >= 0.6 is 8.46 Å². The van der Waals surface area contributed by atoms with E-state index < -0.39 is 0 Å².